The second-order valence-corrected chi connectivity index (χ2v) is 7.41. The molecule has 1 aromatic rings. The van der Waals surface area contributed by atoms with Crippen LogP contribution in [-0.4, -0.2) is 22.1 Å². The van der Waals surface area contributed by atoms with Gasteiger partial charge >= 0.3 is 0 Å². The third-order valence-electron chi connectivity index (χ3n) is 6.42. The van der Waals surface area contributed by atoms with Crippen LogP contribution in [-0.2, 0) is 11.2 Å². The van der Waals surface area contributed by atoms with Crippen LogP contribution in [0.15, 0.2) is 18.2 Å². The SMILES string of the molecule is C[C@]12CC(=O)[C@@H]3c4ccc(O)cc4CC[C@@H]3[C@@H]1CC[C@@H]2O. The molecule has 4 rings (SSSR count). The van der Waals surface area contributed by atoms with Crippen molar-refractivity contribution in [1.82, 2.24) is 0 Å². The molecule has 0 aliphatic heterocycles. The first-order chi connectivity index (χ1) is 10.0. The summed E-state index contributed by atoms with van der Waals surface area (Å²) >= 11 is 0. The van der Waals surface area contributed by atoms with E-state index in [4.69, 9.17) is 0 Å². The van der Waals surface area contributed by atoms with E-state index in [0.29, 0.717) is 18.3 Å². The number of Topliss-reactive ketones (excluding diaryl/α,β-unsaturated/α-hetero) is 1. The van der Waals surface area contributed by atoms with Gasteiger partial charge in [0.15, 0.2) is 0 Å². The number of carbonyl (C=O) groups is 1. The Bertz CT molecular complexity index is 608. The molecule has 2 fully saturated rings. The summed E-state index contributed by atoms with van der Waals surface area (Å²) in [5.74, 6) is 1.38. The molecule has 3 aliphatic carbocycles. The van der Waals surface area contributed by atoms with Crippen molar-refractivity contribution in [2.45, 2.75) is 51.0 Å². The van der Waals surface area contributed by atoms with E-state index in [-0.39, 0.29) is 29.0 Å². The van der Waals surface area contributed by atoms with Crippen molar-refractivity contribution in [3.8, 4) is 5.75 Å². The average molecular weight is 286 g/mol. The number of phenols is 1. The summed E-state index contributed by atoms with van der Waals surface area (Å²) in [6.45, 7) is 2.11. The molecular formula is C18H22O3. The summed E-state index contributed by atoms with van der Waals surface area (Å²) in [6.07, 6.45) is 3.98. The average Bonchev–Trinajstić information content (AvgIpc) is 2.74. The number of carbonyl (C=O) groups excluding carboxylic acids is 1. The topological polar surface area (TPSA) is 57.5 Å². The molecule has 0 spiro atoms. The molecule has 0 radical (unpaired) electrons. The number of aromatic hydroxyl groups is 1. The summed E-state index contributed by atoms with van der Waals surface area (Å²) in [7, 11) is 0. The first kappa shape index (κ1) is 13.3. The van der Waals surface area contributed by atoms with Gasteiger partial charge in [0.05, 0.1) is 6.10 Å². The van der Waals surface area contributed by atoms with Crippen LogP contribution in [0.4, 0.5) is 0 Å². The van der Waals surface area contributed by atoms with Gasteiger partial charge in [0.25, 0.3) is 0 Å². The summed E-state index contributed by atoms with van der Waals surface area (Å²) in [4.78, 5) is 12.8. The molecule has 0 bridgehead atoms. The minimum atomic E-state index is -0.325. The van der Waals surface area contributed by atoms with Crippen molar-refractivity contribution >= 4 is 5.78 Å². The molecule has 21 heavy (non-hydrogen) atoms. The summed E-state index contributed by atoms with van der Waals surface area (Å²) in [5, 5.41) is 20.0. The van der Waals surface area contributed by atoms with Gasteiger partial charge < -0.3 is 10.2 Å². The Morgan fingerprint density at radius 3 is 2.86 bits per heavy atom. The van der Waals surface area contributed by atoms with Gasteiger partial charge in [-0.3, -0.25) is 4.79 Å². The normalized spacial score (nSPS) is 41.3. The summed E-state index contributed by atoms with van der Waals surface area (Å²) in [6, 6.07) is 5.45. The Hall–Kier alpha value is -1.35. The number of rotatable bonds is 0. The quantitative estimate of drug-likeness (QED) is 0.771. The highest BCUT2D eigenvalue weighted by molar-refractivity contribution is 5.88. The van der Waals surface area contributed by atoms with Crippen LogP contribution in [0.1, 0.15) is 49.7 Å². The minimum Gasteiger partial charge on any atom is -0.508 e. The number of hydrogen-bond acceptors (Lipinski definition) is 3. The van der Waals surface area contributed by atoms with Gasteiger partial charge in [0.1, 0.15) is 11.5 Å². The van der Waals surface area contributed by atoms with Crippen LogP contribution in [0.3, 0.4) is 0 Å². The summed E-state index contributed by atoms with van der Waals surface area (Å²) in [5.41, 5.74) is 2.04. The Morgan fingerprint density at radius 1 is 1.24 bits per heavy atom. The third-order valence-corrected chi connectivity index (χ3v) is 6.42. The fourth-order valence-corrected chi connectivity index (χ4v) is 5.36. The van der Waals surface area contributed by atoms with E-state index in [2.05, 4.69) is 6.92 Å². The predicted octanol–water partition coefficient (Wildman–Crippen LogP) is 2.79. The maximum atomic E-state index is 12.8. The van der Waals surface area contributed by atoms with Gasteiger partial charge in [-0.05, 0) is 60.8 Å². The van der Waals surface area contributed by atoms with Crippen molar-refractivity contribution in [2.24, 2.45) is 17.3 Å². The van der Waals surface area contributed by atoms with Crippen LogP contribution in [0.25, 0.3) is 0 Å². The molecule has 0 heterocycles. The first-order valence-electron chi connectivity index (χ1n) is 8.03. The highest BCUT2D eigenvalue weighted by atomic mass is 16.3. The van der Waals surface area contributed by atoms with Crippen LogP contribution >= 0.6 is 0 Å². The molecule has 5 atom stereocenters. The van der Waals surface area contributed by atoms with Crippen molar-refractivity contribution in [2.75, 3.05) is 0 Å². The maximum absolute atomic E-state index is 12.8. The predicted molar refractivity (Wildman–Crippen MR) is 79.1 cm³/mol. The lowest BCUT2D eigenvalue weighted by atomic mass is 9.55. The number of ketones is 1. The number of aliphatic hydroxyl groups excluding tert-OH is 1. The van der Waals surface area contributed by atoms with Gasteiger partial charge in [-0.15, -0.1) is 0 Å². The van der Waals surface area contributed by atoms with Gasteiger partial charge in [0.2, 0.25) is 0 Å². The minimum absolute atomic E-state index is 0.0160. The molecule has 0 saturated heterocycles. The third kappa shape index (κ3) is 1.73. The van der Waals surface area contributed by atoms with Gasteiger partial charge in [-0.2, -0.15) is 0 Å². The molecule has 3 heteroatoms. The largest absolute Gasteiger partial charge is 0.508 e. The van der Waals surface area contributed by atoms with E-state index in [1.165, 1.54) is 0 Å². The molecule has 2 saturated carbocycles. The number of hydrogen-bond donors (Lipinski definition) is 2. The highest BCUT2D eigenvalue weighted by Crippen LogP contribution is 2.59. The Kier molecular flexibility index (Phi) is 2.74. The first-order valence-corrected chi connectivity index (χ1v) is 8.03. The molecule has 1 aromatic carbocycles. The van der Waals surface area contributed by atoms with Gasteiger partial charge in [-0.1, -0.05) is 13.0 Å². The standard InChI is InChI=1S/C18H22O3/c1-18-9-15(20)17-12-5-3-11(19)8-10(12)2-4-13(17)14(18)6-7-16(18)21/h3,5,8,13-14,16-17,19,21H,2,4,6-7,9H2,1H3/t13-,14+,16+,17-,18+/m1/s1. The molecule has 0 aromatic heterocycles. The number of fused-ring (bicyclic) bond motifs is 5. The monoisotopic (exact) mass is 286 g/mol. The number of aliphatic hydroxyl groups is 1. The second-order valence-electron chi connectivity index (χ2n) is 7.41. The van der Waals surface area contributed by atoms with Crippen molar-refractivity contribution in [3.05, 3.63) is 29.3 Å². The zero-order valence-corrected chi connectivity index (χ0v) is 12.4. The lowest BCUT2D eigenvalue weighted by Crippen LogP contribution is -2.48. The van der Waals surface area contributed by atoms with E-state index in [1.807, 2.05) is 12.1 Å². The molecule has 112 valence electrons. The molecule has 0 unspecified atom stereocenters. The van der Waals surface area contributed by atoms with E-state index in [0.717, 1.165) is 36.8 Å². The molecule has 3 aliphatic rings. The second kappa shape index (κ2) is 4.33. The Morgan fingerprint density at radius 2 is 2.05 bits per heavy atom. The van der Waals surface area contributed by atoms with E-state index in [9.17, 15) is 15.0 Å². The van der Waals surface area contributed by atoms with Crippen molar-refractivity contribution in [3.63, 3.8) is 0 Å². The van der Waals surface area contributed by atoms with Crippen molar-refractivity contribution in [1.29, 1.82) is 0 Å². The molecule has 3 nitrogen and oxygen atoms in total. The Labute approximate surface area is 125 Å². The van der Waals surface area contributed by atoms with Crippen LogP contribution < -0.4 is 0 Å². The highest BCUT2D eigenvalue weighted by Gasteiger charge is 2.57. The van der Waals surface area contributed by atoms with E-state index < -0.39 is 0 Å². The summed E-state index contributed by atoms with van der Waals surface area (Å²) < 4.78 is 0. The van der Waals surface area contributed by atoms with Crippen LogP contribution in [0.5, 0.6) is 5.75 Å². The smallest absolute Gasteiger partial charge is 0.141 e. The zero-order chi connectivity index (χ0) is 14.8. The maximum Gasteiger partial charge on any atom is 0.141 e. The molecule has 2 N–H and O–H groups in total. The lowest BCUT2D eigenvalue weighted by Gasteiger charge is -2.49. The Balaban J connectivity index is 1.78. The fraction of sp³-hybridized carbons (Fsp3) is 0.611. The zero-order valence-electron chi connectivity index (χ0n) is 12.4. The number of phenolic OH excluding ortho intramolecular Hbond substituents is 1. The van der Waals surface area contributed by atoms with E-state index in [1.54, 1.807) is 6.07 Å². The van der Waals surface area contributed by atoms with Crippen LogP contribution in [0.2, 0.25) is 0 Å². The fourth-order valence-electron chi connectivity index (χ4n) is 5.36. The van der Waals surface area contributed by atoms with Gasteiger partial charge in [-0.25, -0.2) is 0 Å². The van der Waals surface area contributed by atoms with Crippen molar-refractivity contribution < 1.29 is 15.0 Å². The molecular weight excluding hydrogens is 264 g/mol. The van der Waals surface area contributed by atoms with Crippen LogP contribution in [0, 0.1) is 17.3 Å². The number of benzene rings is 1. The van der Waals surface area contributed by atoms with Gasteiger partial charge in [0, 0.05) is 17.8 Å². The van der Waals surface area contributed by atoms with E-state index >= 15 is 0 Å². The number of aryl methyl sites for hydroxylation is 1. The molecule has 0 amide bonds. The lowest BCUT2D eigenvalue weighted by molar-refractivity contribution is -0.134.